The lowest BCUT2D eigenvalue weighted by Gasteiger charge is -2.45. The lowest BCUT2D eigenvalue weighted by Crippen LogP contribution is -2.36. The Labute approximate surface area is 276 Å². The Bertz CT molecular complexity index is 2320. The molecule has 1 heterocycles. The van der Waals surface area contributed by atoms with Crippen LogP contribution < -0.4 is 4.90 Å². The first kappa shape index (κ1) is 26.5. The predicted octanol–water partition coefficient (Wildman–Crippen LogP) is 11.8. The monoisotopic (exact) mass is 599 g/mol. The molecule has 0 saturated carbocycles. The fraction of sp³-hybridized carbons (Fsp3) is 0.0870. The van der Waals surface area contributed by atoms with E-state index in [0.717, 1.165) is 0 Å². The second kappa shape index (κ2) is 9.44. The summed E-state index contributed by atoms with van der Waals surface area (Å²) in [5.41, 5.74) is 19.2. The molecule has 1 nitrogen and oxygen atoms in total. The number of para-hydroxylation sites is 2. The van der Waals surface area contributed by atoms with Crippen molar-refractivity contribution in [3.05, 3.63) is 197 Å². The van der Waals surface area contributed by atoms with Crippen LogP contribution in [-0.4, -0.2) is 0 Å². The van der Waals surface area contributed by atoms with Gasteiger partial charge in [0.1, 0.15) is 0 Å². The molecular formula is C46H33N. The summed E-state index contributed by atoms with van der Waals surface area (Å²) in [7, 11) is 0. The zero-order chi connectivity index (χ0) is 31.3. The van der Waals surface area contributed by atoms with E-state index in [1.165, 1.54) is 83.8 Å². The van der Waals surface area contributed by atoms with Gasteiger partial charge in [-0.3, -0.25) is 0 Å². The highest BCUT2D eigenvalue weighted by Crippen LogP contribution is 2.63. The highest BCUT2D eigenvalue weighted by molar-refractivity contribution is 5.97. The first-order chi connectivity index (χ1) is 23.1. The van der Waals surface area contributed by atoms with Gasteiger partial charge in [-0.2, -0.15) is 0 Å². The largest absolute Gasteiger partial charge is 0.310 e. The van der Waals surface area contributed by atoms with Crippen molar-refractivity contribution >= 4 is 17.1 Å². The van der Waals surface area contributed by atoms with E-state index in [-0.39, 0.29) is 5.41 Å². The van der Waals surface area contributed by atoms with Gasteiger partial charge in [-0.05, 0) is 91.0 Å². The maximum atomic E-state index is 2.49. The van der Waals surface area contributed by atoms with Gasteiger partial charge in [0.15, 0.2) is 0 Å². The van der Waals surface area contributed by atoms with Crippen molar-refractivity contribution in [2.75, 3.05) is 4.90 Å². The van der Waals surface area contributed by atoms with Gasteiger partial charge >= 0.3 is 0 Å². The Hall–Kier alpha value is -5.66. The summed E-state index contributed by atoms with van der Waals surface area (Å²) >= 11 is 0. The van der Waals surface area contributed by atoms with Crippen LogP contribution in [0.4, 0.5) is 17.1 Å². The molecule has 1 heteroatoms. The summed E-state index contributed by atoms with van der Waals surface area (Å²) in [5.74, 6) is 0. The van der Waals surface area contributed by atoms with Gasteiger partial charge in [0.25, 0.3) is 0 Å². The molecule has 0 aromatic heterocycles. The molecule has 0 N–H and O–H groups in total. The molecular weight excluding hydrogens is 567 g/mol. The van der Waals surface area contributed by atoms with Crippen molar-refractivity contribution in [2.45, 2.75) is 24.7 Å². The van der Waals surface area contributed by atoms with Crippen LogP contribution in [0.1, 0.15) is 47.2 Å². The fourth-order valence-electron chi connectivity index (χ4n) is 9.15. The molecule has 7 aromatic carbocycles. The fourth-order valence-corrected chi connectivity index (χ4v) is 9.15. The molecule has 2 aliphatic carbocycles. The van der Waals surface area contributed by atoms with E-state index in [0.29, 0.717) is 0 Å². The van der Waals surface area contributed by atoms with Gasteiger partial charge < -0.3 is 4.90 Å². The average molecular weight is 600 g/mol. The molecule has 0 unspecified atom stereocenters. The Morgan fingerprint density at radius 3 is 1.49 bits per heavy atom. The molecule has 47 heavy (non-hydrogen) atoms. The normalized spacial score (nSPS) is 15.3. The SMILES string of the molecule is CC1(C)c2ccccc2-c2c(-c3cccc(N4c5ccccc5C5(c6ccccc6-c6ccccc65)c5ccccc54)c3)cccc21. The highest BCUT2D eigenvalue weighted by atomic mass is 15.2. The van der Waals surface area contributed by atoms with E-state index in [1.54, 1.807) is 0 Å². The Morgan fingerprint density at radius 1 is 0.383 bits per heavy atom. The van der Waals surface area contributed by atoms with Crippen LogP contribution >= 0.6 is 0 Å². The molecule has 222 valence electrons. The van der Waals surface area contributed by atoms with Crippen LogP contribution in [-0.2, 0) is 10.8 Å². The molecule has 0 fully saturated rings. The second-order valence-corrected chi connectivity index (χ2v) is 13.7. The zero-order valence-corrected chi connectivity index (χ0v) is 26.5. The van der Waals surface area contributed by atoms with Crippen molar-refractivity contribution < 1.29 is 0 Å². The second-order valence-electron chi connectivity index (χ2n) is 13.7. The topological polar surface area (TPSA) is 3.24 Å². The molecule has 0 radical (unpaired) electrons. The number of rotatable bonds is 2. The first-order valence-electron chi connectivity index (χ1n) is 16.6. The van der Waals surface area contributed by atoms with Crippen molar-refractivity contribution in [1.29, 1.82) is 0 Å². The van der Waals surface area contributed by atoms with E-state index in [4.69, 9.17) is 0 Å². The number of fused-ring (bicyclic) bond motifs is 12. The minimum Gasteiger partial charge on any atom is -0.310 e. The minimum atomic E-state index is -0.399. The first-order valence-corrected chi connectivity index (χ1v) is 16.6. The van der Waals surface area contributed by atoms with Gasteiger partial charge in [-0.1, -0.05) is 153 Å². The van der Waals surface area contributed by atoms with Gasteiger partial charge in [0, 0.05) is 11.1 Å². The third-order valence-corrected chi connectivity index (χ3v) is 11.1. The summed E-state index contributed by atoms with van der Waals surface area (Å²) in [6.45, 7) is 4.71. The molecule has 10 rings (SSSR count). The summed E-state index contributed by atoms with van der Waals surface area (Å²) in [6.07, 6.45) is 0. The lowest BCUT2D eigenvalue weighted by molar-refractivity contribution is 0.660. The quantitative estimate of drug-likeness (QED) is 0.191. The number of hydrogen-bond donors (Lipinski definition) is 0. The van der Waals surface area contributed by atoms with Gasteiger partial charge in [0.2, 0.25) is 0 Å². The molecule has 0 amide bonds. The van der Waals surface area contributed by atoms with Gasteiger partial charge in [0.05, 0.1) is 16.8 Å². The maximum Gasteiger partial charge on any atom is 0.0754 e. The third-order valence-electron chi connectivity index (χ3n) is 11.1. The number of anilines is 3. The smallest absolute Gasteiger partial charge is 0.0754 e. The molecule has 1 aliphatic heterocycles. The van der Waals surface area contributed by atoms with E-state index < -0.39 is 5.41 Å². The molecule has 7 aromatic rings. The summed E-state index contributed by atoms with van der Waals surface area (Å²) in [4.78, 5) is 2.49. The molecule has 0 saturated heterocycles. The van der Waals surface area contributed by atoms with E-state index in [2.05, 4.69) is 183 Å². The minimum absolute atomic E-state index is 0.0352. The number of benzene rings is 7. The number of hydrogen-bond acceptors (Lipinski definition) is 1. The van der Waals surface area contributed by atoms with Crippen LogP contribution in [0.3, 0.4) is 0 Å². The lowest BCUT2D eigenvalue weighted by atomic mass is 9.64. The van der Waals surface area contributed by atoms with Crippen LogP contribution in [0.5, 0.6) is 0 Å². The summed E-state index contributed by atoms with van der Waals surface area (Å²) in [5, 5.41) is 0. The maximum absolute atomic E-state index is 2.49. The number of nitrogens with zero attached hydrogens (tertiary/aromatic N) is 1. The molecule has 3 aliphatic rings. The van der Waals surface area contributed by atoms with Crippen molar-refractivity contribution in [3.8, 4) is 33.4 Å². The highest BCUT2D eigenvalue weighted by Gasteiger charge is 2.51. The van der Waals surface area contributed by atoms with Gasteiger partial charge in [-0.15, -0.1) is 0 Å². The molecule has 0 bridgehead atoms. The Morgan fingerprint density at radius 2 is 0.851 bits per heavy atom. The predicted molar refractivity (Wildman–Crippen MR) is 195 cm³/mol. The molecule has 0 atom stereocenters. The van der Waals surface area contributed by atoms with Crippen LogP contribution in [0.25, 0.3) is 33.4 Å². The Balaban J connectivity index is 1.22. The van der Waals surface area contributed by atoms with E-state index >= 15 is 0 Å². The average Bonchev–Trinajstić information content (AvgIpc) is 3.55. The summed E-state index contributed by atoms with van der Waals surface area (Å²) in [6, 6.07) is 61.1. The Kier molecular flexibility index (Phi) is 5.33. The van der Waals surface area contributed by atoms with Gasteiger partial charge in [-0.25, -0.2) is 0 Å². The summed E-state index contributed by atoms with van der Waals surface area (Å²) < 4.78 is 0. The zero-order valence-electron chi connectivity index (χ0n) is 26.5. The van der Waals surface area contributed by atoms with Crippen LogP contribution in [0, 0.1) is 0 Å². The van der Waals surface area contributed by atoms with E-state index in [9.17, 15) is 0 Å². The third kappa shape index (κ3) is 3.34. The molecule has 1 spiro atoms. The van der Waals surface area contributed by atoms with E-state index in [1.807, 2.05) is 0 Å². The van der Waals surface area contributed by atoms with Crippen molar-refractivity contribution in [1.82, 2.24) is 0 Å². The standard InChI is InChI=1S/C46H33N/c1-45(2)36-21-6-5-19-35(36)44-32(20-14-26-41(44)45)30-15-13-16-31(29-30)47-42-27-11-9-24-39(42)46(40-25-10-12-28-43(40)47)37-22-7-3-17-33(37)34-18-4-8-23-38(34)46/h3-29H,1-2H3. The van der Waals surface area contributed by atoms with Crippen molar-refractivity contribution in [2.24, 2.45) is 0 Å². The van der Waals surface area contributed by atoms with Crippen molar-refractivity contribution in [3.63, 3.8) is 0 Å². The van der Waals surface area contributed by atoms with Crippen LogP contribution in [0.15, 0.2) is 164 Å². The van der Waals surface area contributed by atoms with Crippen LogP contribution in [0.2, 0.25) is 0 Å².